The van der Waals surface area contributed by atoms with Crippen LogP contribution in [0.4, 0.5) is 5.69 Å². The van der Waals surface area contributed by atoms with Gasteiger partial charge in [0.05, 0.1) is 33.1 Å². The van der Waals surface area contributed by atoms with Crippen molar-refractivity contribution >= 4 is 40.5 Å². The van der Waals surface area contributed by atoms with Gasteiger partial charge in [0.1, 0.15) is 0 Å². The molecule has 0 amide bonds. The summed E-state index contributed by atoms with van der Waals surface area (Å²) in [5.74, 6) is 0. The molecule has 1 aromatic carbocycles. The summed E-state index contributed by atoms with van der Waals surface area (Å²) in [6.45, 7) is -0.183. The van der Waals surface area contributed by atoms with Crippen LogP contribution in [0.15, 0.2) is 24.4 Å². The first-order valence-electron chi connectivity index (χ1n) is 5.04. The Labute approximate surface area is 119 Å². The first-order chi connectivity index (χ1) is 8.56. The molecule has 6 heteroatoms. The molecule has 0 aliphatic carbocycles. The third kappa shape index (κ3) is 2.27. The van der Waals surface area contributed by atoms with Crippen LogP contribution >= 0.6 is 34.8 Å². The monoisotopic (exact) mass is 302 g/mol. The van der Waals surface area contributed by atoms with E-state index < -0.39 is 0 Å². The van der Waals surface area contributed by atoms with Gasteiger partial charge in [0, 0.05) is 17.3 Å². The second-order valence-corrected chi connectivity index (χ2v) is 4.80. The quantitative estimate of drug-likeness (QED) is 0.830. The molecule has 3 nitrogen and oxygen atoms in total. The molecule has 0 atom stereocenters. The van der Waals surface area contributed by atoms with E-state index in [9.17, 15) is 5.11 Å². The summed E-state index contributed by atoms with van der Waals surface area (Å²) in [4.78, 5) is 4.16. The average Bonchev–Trinajstić information content (AvgIpc) is 2.36. The van der Waals surface area contributed by atoms with Crippen molar-refractivity contribution in [3.63, 3.8) is 0 Å². The highest BCUT2D eigenvalue weighted by Gasteiger charge is 2.16. The van der Waals surface area contributed by atoms with E-state index >= 15 is 0 Å². The number of halogens is 3. The number of anilines is 1. The number of benzene rings is 1. The van der Waals surface area contributed by atoms with Crippen LogP contribution in [-0.4, -0.2) is 10.1 Å². The second kappa shape index (κ2) is 5.33. The predicted molar refractivity (Wildman–Crippen MR) is 75.0 cm³/mol. The molecular weight excluding hydrogens is 295 g/mol. The molecule has 0 unspecified atom stereocenters. The highest BCUT2D eigenvalue weighted by molar-refractivity contribution is 6.46. The maximum atomic E-state index is 9.18. The van der Waals surface area contributed by atoms with E-state index in [2.05, 4.69) is 4.98 Å². The Balaban J connectivity index is 2.73. The third-order valence-electron chi connectivity index (χ3n) is 2.53. The Hall–Kier alpha value is -1.000. The van der Waals surface area contributed by atoms with E-state index in [1.165, 1.54) is 6.20 Å². The van der Waals surface area contributed by atoms with Gasteiger partial charge in [-0.15, -0.1) is 0 Å². The van der Waals surface area contributed by atoms with Crippen LogP contribution < -0.4 is 5.73 Å². The third-order valence-corrected chi connectivity index (χ3v) is 3.65. The van der Waals surface area contributed by atoms with E-state index in [0.29, 0.717) is 37.6 Å². The molecule has 0 saturated heterocycles. The van der Waals surface area contributed by atoms with E-state index in [4.69, 9.17) is 40.5 Å². The fraction of sp³-hybridized carbons (Fsp3) is 0.0833. The number of aliphatic hydroxyl groups is 1. The lowest BCUT2D eigenvalue weighted by atomic mass is 10.1. The van der Waals surface area contributed by atoms with Gasteiger partial charge in [0.15, 0.2) is 0 Å². The summed E-state index contributed by atoms with van der Waals surface area (Å²) in [5, 5.41) is 10.2. The number of aromatic nitrogens is 1. The van der Waals surface area contributed by atoms with Crippen molar-refractivity contribution in [2.75, 3.05) is 5.73 Å². The van der Waals surface area contributed by atoms with Crippen LogP contribution in [0.25, 0.3) is 11.3 Å². The zero-order chi connectivity index (χ0) is 13.3. The standard InChI is InChI=1S/C12H9Cl3N2O/c13-7-1-2-8(14)10(15)9(7)12-11(16)6(5-18)3-4-17-12/h1-4,18H,5,16H2. The lowest BCUT2D eigenvalue weighted by Crippen LogP contribution is -2.00. The second-order valence-electron chi connectivity index (χ2n) is 3.61. The minimum absolute atomic E-state index is 0.183. The Morgan fingerprint density at radius 2 is 1.78 bits per heavy atom. The molecule has 0 bridgehead atoms. The average molecular weight is 304 g/mol. The van der Waals surface area contributed by atoms with Gasteiger partial charge in [-0.25, -0.2) is 0 Å². The number of pyridine rings is 1. The molecule has 3 N–H and O–H groups in total. The van der Waals surface area contributed by atoms with Gasteiger partial charge in [-0.05, 0) is 18.2 Å². The largest absolute Gasteiger partial charge is 0.397 e. The van der Waals surface area contributed by atoms with Gasteiger partial charge in [0.25, 0.3) is 0 Å². The van der Waals surface area contributed by atoms with E-state index in [0.717, 1.165) is 0 Å². The highest BCUT2D eigenvalue weighted by atomic mass is 35.5. The van der Waals surface area contributed by atoms with Crippen LogP contribution in [0, 0.1) is 0 Å². The van der Waals surface area contributed by atoms with Crippen molar-refractivity contribution in [1.29, 1.82) is 0 Å². The van der Waals surface area contributed by atoms with Crippen molar-refractivity contribution < 1.29 is 5.11 Å². The zero-order valence-corrected chi connectivity index (χ0v) is 11.4. The minimum atomic E-state index is -0.183. The molecule has 1 heterocycles. The summed E-state index contributed by atoms with van der Waals surface area (Å²) in [7, 11) is 0. The van der Waals surface area contributed by atoms with Gasteiger partial charge >= 0.3 is 0 Å². The molecule has 94 valence electrons. The highest BCUT2D eigenvalue weighted by Crippen LogP contribution is 2.40. The number of nitrogen functional groups attached to an aromatic ring is 1. The summed E-state index contributed by atoms with van der Waals surface area (Å²) in [6.07, 6.45) is 1.53. The number of hydrogen-bond acceptors (Lipinski definition) is 3. The fourth-order valence-corrected chi connectivity index (χ4v) is 2.30. The Morgan fingerprint density at radius 3 is 2.44 bits per heavy atom. The molecule has 18 heavy (non-hydrogen) atoms. The molecule has 0 aliphatic rings. The maximum Gasteiger partial charge on any atom is 0.0965 e. The van der Waals surface area contributed by atoms with Gasteiger partial charge < -0.3 is 10.8 Å². The predicted octanol–water partition coefficient (Wildman–Crippen LogP) is 3.78. The van der Waals surface area contributed by atoms with Crippen LogP contribution in [0.5, 0.6) is 0 Å². The van der Waals surface area contributed by atoms with Crippen LogP contribution in [0.3, 0.4) is 0 Å². The Bertz CT molecular complexity index is 602. The Morgan fingerprint density at radius 1 is 1.11 bits per heavy atom. The molecule has 0 fully saturated rings. The smallest absolute Gasteiger partial charge is 0.0965 e. The summed E-state index contributed by atoms with van der Waals surface area (Å²) in [6, 6.07) is 4.85. The number of aliphatic hydroxyl groups excluding tert-OH is 1. The zero-order valence-electron chi connectivity index (χ0n) is 9.12. The molecular formula is C12H9Cl3N2O. The van der Waals surface area contributed by atoms with Crippen LogP contribution in [-0.2, 0) is 6.61 Å². The molecule has 0 saturated carbocycles. The normalized spacial score (nSPS) is 10.7. The van der Waals surface area contributed by atoms with E-state index in [1.807, 2.05) is 0 Å². The lowest BCUT2D eigenvalue weighted by Gasteiger charge is -2.12. The van der Waals surface area contributed by atoms with Gasteiger partial charge in [-0.2, -0.15) is 0 Å². The number of nitrogens with zero attached hydrogens (tertiary/aromatic N) is 1. The topological polar surface area (TPSA) is 59.1 Å². The number of rotatable bonds is 2. The van der Waals surface area contributed by atoms with Gasteiger partial charge in [0.2, 0.25) is 0 Å². The summed E-state index contributed by atoms with van der Waals surface area (Å²) >= 11 is 18.2. The van der Waals surface area contributed by atoms with Crippen molar-refractivity contribution in [3.05, 3.63) is 45.0 Å². The van der Waals surface area contributed by atoms with Crippen molar-refractivity contribution in [1.82, 2.24) is 4.98 Å². The Kier molecular flexibility index (Phi) is 3.97. The fourth-order valence-electron chi connectivity index (χ4n) is 1.59. The molecule has 2 aromatic rings. The maximum absolute atomic E-state index is 9.18. The van der Waals surface area contributed by atoms with Gasteiger partial charge in [-0.1, -0.05) is 34.8 Å². The van der Waals surface area contributed by atoms with Gasteiger partial charge in [-0.3, -0.25) is 4.98 Å². The number of nitrogens with two attached hydrogens (primary N) is 1. The SMILES string of the molecule is Nc1c(CO)ccnc1-c1c(Cl)ccc(Cl)c1Cl. The van der Waals surface area contributed by atoms with Crippen molar-refractivity contribution in [2.45, 2.75) is 6.61 Å². The molecule has 2 rings (SSSR count). The lowest BCUT2D eigenvalue weighted by molar-refractivity contribution is 0.282. The van der Waals surface area contributed by atoms with Crippen molar-refractivity contribution in [3.8, 4) is 11.3 Å². The molecule has 1 aromatic heterocycles. The van der Waals surface area contributed by atoms with E-state index in [1.54, 1.807) is 18.2 Å². The molecule has 0 spiro atoms. The summed E-state index contributed by atoms with van der Waals surface area (Å²) in [5.41, 5.74) is 7.72. The van der Waals surface area contributed by atoms with Crippen LogP contribution in [0.1, 0.15) is 5.56 Å². The van der Waals surface area contributed by atoms with Crippen molar-refractivity contribution in [2.24, 2.45) is 0 Å². The molecule has 0 aliphatic heterocycles. The van der Waals surface area contributed by atoms with E-state index in [-0.39, 0.29) is 6.61 Å². The minimum Gasteiger partial charge on any atom is -0.397 e. The first-order valence-corrected chi connectivity index (χ1v) is 6.17. The number of hydrogen-bond donors (Lipinski definition) is 2. The summed E-state index contributed by atoms with van der Waals surface area (Å²) < 4.78 is 0. The molecule has 0 radical (unpaired) electrons. The first kappa shape index (κ1) is 13.4. The van der Waals surface area contributed by atoms with Crippen LogP contribution in [0.2, 0.25) is 15.1 Å².